The highest BCUT2D eigenvalue weighted by Gasteiger charge is 2.22. The van der Waals surface area contributed by atoms with E-state index in [1.54, 1.807) is 0 Å². The number of piperidine rings is 1. The van der Waals surface area contributed by atoms with Crippen molar-refractivity contribution in [1.82, 2.24) is 5.32 Å². The van der Waals surface area contributed by atoms with Gasteiger partial charge in [0.2, 0.25) is 5.91 Å². The van der Waals surface area contributed by atoms with Crippen LogP contribution in [-0.4, -0.2) is 19.0 Å². The largest absolute Gasteiger partial charge is 0.326 e. The summed E-state index contributed by atoms with van der Waals surface area (Å²) in [4.78, 5) is 12.3. The number of nitrogens with one attached hydrogen (secondary N) is 2. The van der Waals surface area contributed by atoms with E-state index in [2.05, 4.69) is 49.6 Å². The maximum atomic E-state index is 12.3. The van der Waals surface area contributed by atoms with E-state index in [1.807, 2.05) is 6.92 Å². The number of carbonyl (C=O) groups excluding carboxylic acids is 1. The van der Waals surface area contributed by atoms with Gasteiger partial charge in [0.15, 0.2) is 0 Å². The summed E-state index contributed by atoms with van der Waals surface area (Å²) in [6.07, 6.45) is 2.07. The molecule has 0 bridgehead atoms. The average molecular weight is 274 g/mol. The molecule has 0 saturated carbocycles. The summed E-state index contributed by atoms with van der Waals surface area (Å²) in [5, 5.41) is 6.40. The highest BCUT2D eigenvalue weighted by Crippen LogP contribution is 2.27. The molecule has 1 aromatic rings. The second kappa shape index (κ2) is 5.96. The number of benzene rings is 1. The van der Waals surface area contributed by atoms with Crippen LogP contribution in [0.2, 0.25) is 0 Å². The molecule has 20 heavy (non-hydrogen) atoms. The molecule has 1 fully saturated rings. The second-order valence-electron chi connectivity index (χ2n) is 6.81. The second-order valence-corrected chi connectivity index (χ2v) is 6.81. The summed E-state index contributed by atoms with van der Waals surface area (Å²) in [7, 11) is 0. The van der Waals surface area contributed by atoms with Crippen LogP contribution in [0.1, 0.15) is 44.7 Å². The molecule has 1 atom stereocenters. The molecular weight excluding hydrogens is 248 g/mol. The molecule has 1 heterocycles. The molecule has 1 aliphatic heterocycles. The van der Waals surface area contributed by atoms with Gasteiger partial charge in [0.1, 0.15) is 0 Å². The van der Waals surface area contributed by atoms with Gasteiger partial charge in [-0.15, -0.1) is 0 Å². The van der Waals surface area contributed by atoms with Crippen LogP contribution in [0.5, 0.6) is 0 Å². The predicted octanol–water partition coefficient (Wildman–Crippen LogP) is 3.23. The van der Waals surface area contributed by atoms with Gasteiger partial charge in [-0.3, -0.25) is 4.79 Å². The summed E-state index contributed by atoms with van der Waals surface area (Å²) >= 11 is 0. The first-order chi connectivity index (χ1) is 9.38. The van der Waals surface area contributed by atoms with Crippen molar-refractivity contribution in [2.45, 2.75) is 46.0 Å². The topological polar surface area (TPSA) is 41.1 Å². The van der Waals surface area contributed by atoms with Gasteiger partial charge in [-0.1, -0.05) is 32.9 Å². The van der Waals surface area contributed by atoms with Gasteiger partial charge in [0.25, 0.3) is 0 Å². The fraction of sp³-hybridized carbons (Fsp3) is 0.588. The van der Waals surface area contributed by atoms with E-state index in [0.29, 0.717) is 0 Å². The molecule has 1 aliphatic rings. The minimum Gasteiger partial charge on any atom is -0.326 e. The maximum absolute atomic E-state index is 12.3. The van der Waals surface area contributed by atoms with Gasteiger partial charge >= 0.3 is 0 Å². The molecular formula is C17H26N2O. The molecule has 2 N–H and O–H groups in total. The molecule has 3 heteroatoms. The van der Waals surface area contributed by atoms with E-state index >= 15 is 0 Å². The molecule has 0 aromatic heterocycles. The Labute approximate surface area is 122 Å². The van der Waals surface area contributed by atoms with Gasteiger partial charge in [-0.25, -0.2) is 0 Å². The Morgan fingerprint density at radius 1 is 1.35 bits per heavy atom. The zero-order valence-corrected chi connectivity index (χ0v) is 13.0. The Morgan fingerprint density at radius 2 is 2.10 bits per heavy atom. The van der Waals surface area contributed by atoms with Gasteiger partial charge in [-0.05, 0) is 48.9 Å². The first-order valence-corrected chi connectivity index (χ1v) is 7.50. The van der Waals surface area contributed by atoms with Crippen LogP contribution >= 0.6 is 0 Å². The van der Waals surface area contributed by atoms with Crippen LogP contribution in [0, 0.1) is 12.8 Å². The van der Waals surface area contributed by atoms with E-state index in [1.165, 1.54) is 5.56 Å². The quantitative estimate of drug-likeness (QED) is 0.869. The molecule has 1 aromatic carbocycles. The third-order valence-electron chi connectivity index (χ3n) is 4.03. The molecule has 2 rings (SSSR count). The van der Waals surface area contributed by atoms with Crippen molar-refractivity contribution in [3.63, 3.8) is 0 Å². The summed E-state index contributed by atoms with van der Waals surface area (Å²) in [6, 6.07) is 6.35. The Kier molecular flexibility index (Phi) is 4.48. The van der Waals surface area contributed by atoms with E-state index in [9.17, 15) is 4.79 Å². The summed E-state index contributed by atoms with van der Waals surface area (Å²) < 4.78 is 0. The molecule has 1 amide bonds. The van der Waals surface area contributed by atoms with E-state index in [0.717, 1.165) is 37.2 Å². The van der Waals surface area contributed by atoms with E-state index in [-0.39, 0.29) is 17.2 Å². The lowest BCUT2D eigenvalue weighted by atomic mass is 9.86. The molecule has 110 valence electrons. The van der Waals surface area contributed by atoms with Crippen molar-refractivity contribution in [2.75, 3.05) is 18.4 Å². The maximum Gasteiger partial charge on any atom is 0.228 e. The highest BCUT2D eigenvalue weighted by atomic mass is 16.1. The van der Waals surface area contributed by atoms with Crippen molar-refractivity contribution in [3.05, 3.63) is 29.3 Å². The summed E-state index contributed by atoms with van der Waals surface area (Å²) in [5.41, 5.74) is 3.42. The number of rotatable bonds is 2. The zero-order chi connectivity index (χ0) is 14.8. The van der Waals surface area contributed by atoms with Gasteiger partial charge in [0, 0.05) is 12.2 Å². The van der Waals surface area contributed by atoms with Gasteiger partial charge in [-0.2, -0.15) is 0 Å². The van der Waals surface area contributed by atoms with Crippen molar-refractivity contribution in [3.8, 4) is 0 Å². The minimum atomic E-state index is 0.0968. The van der Waals surface area contributed by atoms with E-state index in [4.69, 9.17) is 0 Å². The predicted molar refractivity (Wildman–Crippen MR) is 84.1 cm³/mol. The van der Waals surface area contributed by atoms with Gasteiger partial charge in [0.05, 0.1) is 5.92 Å². The number of anilines is 1. The lowest BCUT2D eigenvalue weighted by molar-refractivity contribution is -0.120. The zero-order valence-electron chi connectivity index (χ0n) is 13.0. The Hall–Kier alpha value is -1.35. The Morgan fingerprint density at radius 3 is 2.70 bits per heavy atom. The number of aryl methyl sites for hydroxylation is 1. The minimum absolute atomic E-state index is 0.0968. The van der Waals surface area contributed by atoms with Crippen LogP contribution < -0.4 is 10.6 Å². The van der Waals surface area contributed by atoms with Gasteiger partial charge < -0.3 is 10.6 Å². The molecule has 3 nitrogen and oxygen atoms in total. The summed E-state index contributed by atoms with van der Waals surface area (Å²) in [5.74, 6) is 0.243. The third kappa shape index (κ3) is 3.60. The van der Waals surface area contributed by atoms with Crippen LogP contribution in [0.25, 0.3) is 0 Å². The molecule has 0 radical (unpaired) electrons. The number of hydrogen-bond donors (Lipinski definition) is 2. The Bertz CT molecular complexity index is 482. The smallest absolute Gasteiger partial charge is 0.228 e. The molecule has 1 unspecified atom stereocenters. The Balaban J connectivity index is 2.13. The van der Waals surface area contributed by atoms with Crippen LogP contribution in [0.15, 0.2) is 18.2 Å². The standard InChI is InChI=1S/C17H26N2O/c1-12-7-8-14(17(2,3)4)10-15(12)19-16(20)13-6-5-9-18-11-13/h7-8,10,13,18H,5-6,9,11H2,1-4H3,(H,19,20). The molecule has 1 saturated heterocycles. The molecule has 0 spiro atoms. The first kappa shape index (κ1) is 15.0. The van der Waals surface area contributed by atoms with E-state index < -0.39 is 0 Å². The monoisotopic (exact) mass is 274 g/mol. The van der Waals surface area contributed by atoms with Crippen LogP contribution in [0.3, 0.4) is 0 Å². The fourth-order valence-corrected chi connectivity index (χ4v) is 2.53. The van der Waals surface area contributed by atoms with Crippen molar-refractivity contribution >= 4 is 11.6 Å². The van der Waals surface area contributed by atoms with Crippen molar-refractivity contribution in [2.24, 2.45) is 5.92 Å². The number of hydrogen-bond acceptors (Lipinski definition) is 2. The number of carbonyl (C=O) groups is 1. The van der Waals surface area contributed by atoms with Crippen LogP contribution in [-0.2, 0) is 10.2 Å². The highest BCUT2D eigenvalue weighted by molar-refractivity contribution is 5.93. The van der Waals surface area contributed by atoms with Crippen molar-refractivity contribution in [1.29, 1.82) is 0 Å². The van der Waals surface area contributed by atoms with Crippen LogP contribution in [0.4, 0.5) is 5.69 Å². The summed E-state index contributed by atoms with van der Waals surface area (Å²) in [6.45, 7) is 10.4. The first-order valence-electron chi connectivity index (χ1n) is 7.50. The normalized spacial score (nSPS) is 19.7. The number of amides is 1. The SMILES string of the molecule is Cc1ccc(C(C)(C)C)cc1NC(=O)C1CCCNC1. The third-order valence-corrected chi connectivity index (χ3v) is 4.03. The lowest BCUT2D eigenvalue weighted by Crippen LogP contribution is -2.37. The fourth-order valence-electron chi connectivity index (χ4n) is 2.53. The average Bonchev–Trinajstić information content (AvgIpc) is 2.41. The molecule has 0 aliphatic carbocycles. The van der Waals surface area contributed by atoms with Crippen molar-refractivity contribution < 1.29 is 4.79 Å². The lowest BCUT2D eigenvalue weighted by Gasteiger charge is -2.24.